The van der Waals surface area contributed by atoms with E-state index in [2.05, 4.69) is 5.10 Å². The normalized spacial score (nSPS) is 9.38. The Bertz CT molecular complexity index is 322. The maximum atomic E-state index is 10.6. The molecule has 13 heavy (non-hydrogen) atoms. The van der Waals surface area contributed by atoms with Crippen LogP contribution in [0, 0.1) is 0 Å². The lowest BCUT2D eigenvalue weighted by Gasteiger charge is -1.94. The van der Waals surface area contributed by atoms with Crippen LogP contribution in [0.4, 0.5) is 5.69 Å². The molecule has 0 amide bonds. The summed E-state index contributed by atoms with van der Waals surface area (Å²) < 4.78 is 1.29. The van der Waals surface area contributed by atoms with E-state index < -0.39 is 5.97 Å². The first-order chi connectivity index (χ1) is 5.57. The number of nitrogens with zero attached hydrogens (tertiary/aromatic N) is 2. The highest BCUT2D eigenvalue weighted by Crippen LogP contribution is 2.16. The average Bonchev–Trinajstić information content (AvgIpc) is 2.25. The molecule has 0 unspecified atom stereocenters. The van der Waals surface area contributed by atoms with Gasteiger partial charge in [-0.15, -0.1) is 12.4 Å². The van der Waals surface area contributed by atoms with E-state index in [4.69, 9.17) is 10.8 Å². The lowest BCUT2D eigenvalue weighted by atomic mass is 10.2. The fourth-order valence-corrected chi connectivity index (χ4v) is 1.11. The van der Waals surface area contributed by atoms with Crippen molar-refractivity contribution in [3.63, 3.8) is 0 Å². The van der Waals surface area contributed by atoms with Crippen molar-refractivity contribution in [1.29, 1.82) is 0 Å². The second-order valence-corrected chi connectivity index (χ2v) is 2.49. The number of carbonyl (C=O) groups is 1. The van der Waals surface area contributed by atoms with Crippen molar-refractivity contribution in [3.05, 3.63) is 11.4 Å². The minimum Gasteiger partial charge on any atom is -0.476 e. The van der Waals surface area contributed by atoms with Gasteiger partial charge in [0.2, 0.25) is 0 Å². The summed E-state index contributed by atoms with van der Waals surface area (Å²) in [5, 5.41) is 12.7. The average molecular weight is 206 g/mol. The van der Waals surface area contributed by atoms with Crippen molar-refractivity contribution >= 4 is 24.1 Å². The van der Waals surface area contributed by atoms with Gasteiger partial charge < -0.3 is 10.8 Å². The molecule has 0 bridgehead atoms. The molecule has 1 aromatic rings. The van der Waals surface area contributed by atoms with Crippen LogP contribution >= 0.6 is 12.4 Å². The molecular formula is C7H12ClN3O2. The summed E-state index contributed by atoms with van der Waals surface area (Å²) in [7, 11) is 1.57. The maximum Gasteiger partial charge on any atom is 0.356 e. The summed E-state index contributed by atoms with van der Waals surface area (Å²) in [5.41, 5.74) is 6.52. The van der Waals surface area contributed by atoms with Gasteiger partial charge in [-0.1, -0.05) is 6.92 Å². The maximum absolute atomic E-state index is 10.6. The number of anilines is 1. The van der Waals surface area contributed by atoms with Crippen LogP contribution in [0.15, 0.2) is 0 Å². The van der Waals surface area contributed by atoms with E-state index in [-0.39, 0.29) is 23.8 Å². The fraction of sp³-hybridized carbons (Fsp3) is 0.429. The van der Waals surface area contributed by atoms with Gasteiger partial charge in [0, 0.05) is 7.05 Å². The Kier molecular flexibility index (Phi) is 3.74. The van der Waals surface area contributed by atoms with Gasteiger partial charge in [0.05, 0.1) is 11.4 Å². The smallest absolute Gasteiger partial charge is 0.356 e. The predicted octanol–water partition coefficient (Wildman–Crippen LogP) is 0.685. The van der Waals surface area contributed by atoms with Gasteiger partial charge >= 0.3 is 5.97 Å². The van der Waals surface area contributed by atoms with Crippen LogP contribution in [0.25, 0.3) is 0 Å². The summed E-state index contributed by atoms with van der Waals surface area (Å²) in [6.45, 7) is 1.88. The first-order valence-electron chi connectivity index (χ1n) is 3.62. The molecule has 3 N–H and O–H groups in total. The molecule has 0 fully saturated rings. The van der Waals surface area contributed by atoms with Crippen molar-refractivity contribution in [2.24, 2.45) is 7.05 Å². The molecule has 0 aliphatic carbocycles. The number of aryl methyl sites for hydroxylation is 2. The highest BCUT2D eigenvalue weighted by molar-refractivity contribution is 5.92. The van der Waals surface area contributed by atoms with Crippen LogP contribution in [-0.2, 0) is 13.5 Å². The molecule has 1 heterocycles. The molecule has 0 aliphatic rings. The highest BCUT2D eigenvalue weighted by Gasteiger charge is 2.17. The summed E-state index contributed by atoms with van der Waals surface area (Å²) in [6.07, 6.45) is 0.646. The number of hydrogen-bond donors (Lipinski definition) is 2. The first kappa shape index (κ1) is 11.8. The second-order valence-electron chi connectivity index (χ2n) is 2.49. The lowest BCUT2D eigenvalue weighted by Crippen LogP contribution is -2.07. The van der Waals surface area contributed by atoms with Crippen molar-refractivity contribution in [3.8, 4) is 0 Å². The van der Waals surface area contributed by atoms with E-state index in [1.54, 1.807) is 7.05 Å². The quantitative estimate of drug-likeness (QED) is 0.744. The van der Waals surface area contributed by atoms with E-state index in [1.807, 2.05) is 6.92 Å². The number of aromatic nitrogens is 2. The number of hydrogen-bond acceptors (Lipinski definition) is 3. The van der Waals surface area contributed by atoms with Crippen molar-refractivity contribution in [2.45, 2.75) is 13.3 Å². The third kappa shape index (κ3) is 1.92. The topological polar surface area (TPSA) is 81.1 Å². The zero-order valence-electron chi connectivity index (χ0n) is 7.44. The highest BCUT2D eigenvalue weighted by atomic mass is 35.5. The molecule has 0 radical (unpaired) electrons. The number of nitrogens with two attached hydrogens (primary N) is 1. The molecule has 1 aromatic heterocycles. The van der Waals surface area contributed by atoms with Gasteiger partial charge in [-0.3, -0.25) is 4.68 Å². The molecule has 5 nitrogen and oxygen atoms in total. The van der Waals surface area contributed by atoms with Gasteiger partial charge in [-0.25, -0.2) is 4.79 Å². The van der Waals surface area contributed by atoms with Crippen LogP contribution in [0.3, 0.4) is 0 Å². The standard InChI is InChI=1S/C7H11N3O2.ClH/c1-3-4-5(8)6(7(11)12)10(2)9-4;/h3,8H2,1-2H3,(H,11,12);1H. The third-order valence-electron chi connectivity index (χ3n) is 1.70. The number of halogens is 1. The Morgan fingerprint density at radius 2 is 2.23 bits per heavy atom. The summed E-state index contributed by atoms with van der Waals surface area (Å²) in [5.74, 6) is -1.04. The van der Waals surface area contributed by atoms with Gasteiger partial charge in [0.15, 0.2) is 5.69 Å². The SMILES string of the molecule is CCc1nn(C)c(C(=O)O)c1N.Cl. The van der Waals surface area contributed by atoms with Crippen molar-refractivity contribution in [2.75, 3.05) is 5.73 Å². The summed E-state index contributed by atoms with van der Waals surface area (Å²) in [4.78, 5) is 10.6. The first-order valence-corrected chi connectivity index (χ1v) is 3.62. The Morgan fingerprint density at radius 1 is 1.69 bits per heavy atom. The molecule has 0 aromatic carbocycles. The summed E-state index contributed by atoms with van der Waals surface area (Å²) in [6, 6.07) is 0. The Balaban J connectivity index is 0.00000144. The third-order valence-corrected chi connectivity index (χ3v) is 1.70. The van der Waals surface area contributed by atoms with E-state index in [0.717, 1.165) is 0 Å². The van der Waals surface area contributed by atoms with Crippen LogP contribution in [-0.4, -0.2) is 20.9 Å². The van der Waals surface area contributed by atoms with Crippen molar-refractivity contribution in [1.82, 2.24) is 9.78 Å². The predicted molar refractivity (Wildman–Crippen MR) is 51.2 cm³/mol. The number of carboxylic acid groups (broad SMARTS) is 1. The molecule has 0 saturated carbocycles. The fourth-order valence-electron chi connectivity index (χ4n) is 1.11. The van der Waals surface area contributed by atoms with Crippen LogP contribution in [0.2, 0.25) is 0 Å². The van der Waals surface area contributed by atoms with Crippen molar-refractivity contribution < 1.29 is 9.90 Å². The number of nitrogen functional groups attached to an aromatic ring is 1. The zero-order chi connectivity index (χ0) is 9.30. The van der Waals surface area contributed by atoms with E-state index >= 15 is 0 Å². The molecule has 0 spiro atoms. The van der Waals surface area contributed by atoms with E-state index in [1.165, 1.54) is 4.68 Å². The van der Waals surface area contributed by atoms with Gasteiger partial charge in [-0.05, 0) is 6.42 Å². The molecule has 0 saturated heterocycles. The number of aromatic carboxylic acids is 1. The number of carboxylic acids is 1. The largest absolute Gasteiger partial charge is 0.476 e. The minimum atomic E-state index is -1.04. The Labute approximate surface area is 81.9 Å². The second kappa shape index (κ2) is 4.13. The van der Waals surface area contributed by atoms with Gasteiger partial charge in [0.1, 0.15) is 0 Å². The lowest BCUT2D eigenvalue weighted by molar-refractivity contribution is 0.0686. The monoisotopic (exact) mass is 205 g/mol. The molecular weight excluding hydrogens is 194 g/mol. The zero-order valence-corrected chi connectivity index (χ0v) is 8.26. The molecule has 0 atom stereocenters. The van der Waals surface area contributed by atoms with Crippen LogP contribution in [0.5, 0.6) is 0 Å². The minimum absolute atomic E-state index is 0. The molecule has 74 valence electrons. The van der Waals surface area contributed by atoms with Gasteiger partial charge in [-0.2, -0.15) is 5.10 Å². The number of rotatable bonds is 2. The molecule has 0 aliphatic heterocycles. The van der Waals surface area contributed by atoms with Crippen LogP contribution in [0.1, 0.15) is 23.1 Å². The summed E-state index contributed by atoms with van der Waals surface area (Å²) >= 11 is 0. The molecule has 6 heteroatoms. The molecule has 1 rings (SSSR count). The Morgan fingerprint density at radius 3 is 2.46 bits per heavy atom. The Hall–Kier alpha value is -1.23. The van der Waals surface area contributed by atoms with Crippen LogP contribution < -0.4 is 5.73 Å². The van der Waals surface area contributed by atoms with E-state index in [9.17, 15) is 4.79 Å². The van der Waals surface area contributed by atoms with E-state index in [0.29, 0.717) is 12.1 Å². The van der Waals surface area contributed by atoms with Gasteiger partial charge in [0.25, 0.3) is 0 Å².